The number of rotatable bonds is 7. The zero-order valence-electron chi connectivity index (χ0n) is 20.2. The number of ether oxygens (including phenoxy) is 1. The molecule has 0 aliphatic carbocycles. The van der Waals surface area contributed by atoms with Gasteiger partial charge in [-0.25, -0.2) is 9.97 Å². The predicted molar refractivity (Wildman–Crippen MR) is 139 cm³/mol. The van der Waals surface area contributed by atoms with Crippen molar-refractivity contribution in [2.75, 3.05) is 65.4 Å². The Kier molecular flexibility index (Phi) is 6.47. The summed E-state index contributed by atoms with van der Waals surface area (Å²) in [6.45, 7) is 5.84. The van der Waals surface area contributed by atoms with Gasteiger partial charge in [0.25, 0.3) is 0 Å². The first-order valence-electron chi connectivity index (χ1n) is 11.8. The number of nitrogens with zero attached hydrogens (tertiary/aromatic N) is 5. The van der Waals surface area contributed by atoms with E-state index in [4.69, 9.17) is 4.74 Å². The van der Waals surface area contributed by atoms with Gasteiger partial charge < -0.3 is 24.4 Å². The maximum Gasteiger partial charge on any atom is 0.213 e. The van der Waals surface area contributed by atoms with Gasteiger partial charge in [-0.1, -0.05) is 12.1 Å². The normalized spacial score (nSPS) is 14.8. The fourth-order valence-electron chi connectivity index (χ4n) is 4.29. The summed E-state index contributed by atoms with van der Waals surface area (Å²) >= 11 is 0. The van der Waals surface area contributed by atoms with E-state index < -0.39 is 0 Å². The van der Waals surface area contributed by atoms with Crippen LogP contribution in [0.4, 0.5) is 5.69 Å². The number of hydrogen-bond donors (Lipinski definition) is 1. The fraction of sp³-hybridized carbons (Fsp3) is 0.333. The van der Waals surface area contributed by atoms with E-state index in [9.17, 15) is 0 Å². The maximum absolute atomic E-state index is 5.73. The van der Waals surface area contributed by atoms with Crippen molar-refractivity contribution >= 4 is 16.7 Å². The quantitative estimate of drug-likeness (QED) is 0.454. The van der Waals surface area contributed by atoms with Crippen LogP contribution in [0.3, 0.4) is 0 Å². The molecule has 1 saturated heterocycles. The number of anilines is 1. The smallest absolute Gasteiger partial charge is 0.213 e. The van der Waals surface area contributed by atoms with Gasteiger partial charge in [-0.2, -0.15) is 0 Å². The molecule has 1 N–H and O–H groups in total. The summed E-state index contributed by atoms with van der Waals surface area (Å²) in [6.07, 6.45) is 5.81. The molecule has 0 saturated carbocycles. The molecule has 0 amide bonds. The maximum atomic E-state index is 5.73. The molecule has 34 heavy (non-hydrogen) atoms. The number of H-pyrrole nitrogens is 1. The minimum absolute atomic E-state index is 0.618. The summed E-state index contributed by atoms with van der Waals surface area (Å²) in [6, 6.07) is 15.0. The molecule has 176 valence electrons. The number of likely N-dealkylation sites (N-methyl/N-ethyl adjacent to an activating group) is 2. The van der Waals surface area contributed by atoms with Crippen LogP contribution in [0.2, 0.25) is 0 Å². The summed E-state index contributed by atoms with van der Waals surface area (Å²) in [5.74, 6) is 0.643. The molecule has 7 heteroatoms. The van der Waals surface area contributed by atoms with Crippen molar-refractivity contribution in [1.82, 2.24) is 24.8 Å². The number of pyridine rings is 2. The topological polar surface area (TPSA) is 60.5 Å². The van der Waals surface area contributed by atoms with Gasteiger partial charge >= 0.3 is 0 Å². The van der Waals surface area contributed by atoms with E-state index >= 15 is 0 Å². The lowest BCUT2D eigenvalue weighted by Crippen LogP contribution is -2.44. The molecule has 7 nitrogen and oxygen atoms in total. The third-order valence-corrected chi connectivity index (χ3v) is 6.44. The molecule has 1 fully saturated rings. The van der Waals surface area contributed by atoms with Crippen molar-refractivity contribution in [2.24, 2.45) is 0 Å². The standard InChI is InChI=1S/C27H32N6O/c1-31(2)14-15-34-26-9-6-21(17-28-26)25-19-30-27-24(25)16-22(18-29-27)20-4-7-23(8-5-20)33-12-10-32(3)11-13-33/h4-9,16-19H,10-15H2,1-3H3,(H,29,30). The molecule has 0 radical (unpaired) electrons. The average Bonchev–Trinajstić information content (AvgIpc) is 3.28. The molecule has 0 unspecified atom stereocenters. The molecule has 1 aliphatic rings. The lowest BCUT2D eigenvalue weighted by molar-refractivity contribution is 0.254. The highest BCUT2D eigenvalue weighted by Gasteiger charge is 2.15. The van der Waals surface area contributed by atoms with Gasteiger partial charge in [0.2, 0.25) is 5.88 Å². The highest BCUT2D eigenvalue weighted by molar-refractivity contribution is 5.95. The van der Waals surface area contributed by atoms with Gasteiger partial charge in [0, 0.05) is 85.1 Å². The van der Waals surface area contributed by atoms with Crippen molar-refractivity contribution in [1.29, 1.82) is 0 Å². The zero-order chi connectivity index (χ0) is 23.5. The Morgan fingerprint density at radius 3 is 2.35 bits per heavy atom. The molecule has 0 spiro atoms. The van der Waals surface area contributed by atoms with Crippen molar-refractivity contribution in [2.45, 2.75) is 0 Å². The van der Waals surface area contributed by atoms with E-state index in [0.717, 1.165) is 60.4 Å². The molecular weight excluding hydrogens is 424 g/mol. The van der Waals surface area contributed by atoms with Crippen LogP contribution < -0.4 is 9.64 Å². The van der Waals surface area contributed by atoms with Crippen LogP contribution in [-0.4, -0.2) is 85.2 Å². The number of aromatic amines is 1. The minimum atomic E-state index is 0.618. The first kappa shape index (κ1) is 22.4. The van der Waals surface area contributed by atoms with Gasteiger partial charge in [0.15, 0.2) is 0 Å². The predicted octanol–water partition coefficient (Wildman–Crippen LogP) is 3.98. The second kappa shape index (κ2) is 9.83. The zero-order valence-corrected chi connectivity index (χ0v) is 20.2. The number of benzene rings is 1. The molecule has 4 aromatic rings. The highest BCUT2D eigenvalue weighted by Crippen LogP contribution is 2.32. The summed E-state index contributed by atoms with van der Waals surface area (Å²) < 4.78 is 5.73. The summed E-state index contributed by atoms with van der Waals surface area (Å²) in [7, 11) is 6.24. The van der Waals surface area contributed by atoms with E-state index in [1.54, 1.807) is 0 Å². The molecular formula is C27H32N6O. The molecule has 1 aliphatic heterocycles. The Bertz CT molecular complexity index is 1220. The van der Waals surface area contributed by atoms with Crippen molar-refractivity contribution in [3.05, 3.63) is 61.1 Å². The van der Waals surface area contributed by atoms with E-state index in [0.29, 0.717) is 12.5 Å². The Morgan fingerprint density at radius 1 is 0.912 bits per heavy atom. The number of nitrogens with one attached hydrogen (secondary N) is 1. The number of fused-ring (bicyclic) bond motifs is 1. The second-order valence-corrected chi connectivity index (χ2v) is 9.20. The third kappa shape index (κ3) is 4.90. The molecule has 5 rings (SSSR count). The van der Waals surface area contributed by atoms with Gasteiger partial charge in [-0.3, -0.25) is 0 Å². The Labute approximate surface area is 201 Å². The van der Waals surface area contributed by atoms with E-state index in [1.165, 1.54) is 11.3 Å². The summed E-state index contributed by atoms with van der Waals surface area (Å²) in [4.78, 5) is 19.4. The monoisotopic (exact) mass is 456 g/mol. The highest BCUT2D eigenvalue weighted by atomic mass is 16.5. The molecule has 0 atom stereocenters. The molecule has 0 bridgehead atoms. The SMILES string of the molecule is CN(C)CCOc1ccc(-c2c[nH]c3ncc(-c4ccc(N5CCN(C)CC5)cc4)cc23)cn1. The third-order valence-electron chi connectivity index (χ3n) is 6.44. The average molecular weight is 457 g/mol. The van der Waals surface area contributed by atoms with Crippen LogP contribution in [-0.2, 0) is 0 Å². The van der Waals surface area contributed by atoms with Gasteiger partial charge in [0.05, 0.1) is 0 Å². The van der Waals surface area contributed by atoms with Crippen molar-refractivity contribution < 1.29 is 4.74 Å². The lowest BCUT2D eigenvalue weighted by atomic mass is 10.0. The molecule has 1 aromatic carbocycles. The fourth-order valence-corrected chi connectivity index (χ4v) is 4.29. The number of piperazine rings is 1. The van der Waals surface area contributed by atoms with E-state index in [-0.39, 0.29) is 0 Å². The largest absolute Gasteiger partial charge is 0.476 e. The van der Waals surface area contributed by atoms with E-state index in [2.05, 4.69) is 73.1 Å². The van der Waals surface area contributed by atoms with Crippen LogP contribution in [0.25, 0.3) is 33.3 Å². The first-order valence-corrected chi connectivity index (χ1v) is 11.8. The second-order valence-electron chi connectivity index (χ2n) is 9.20. The summed E-state index contributed by atoms with van der Waals surface area (Å²) in [5.41, 5.74) is 6.56. The van der Waals surface area contributed by atoms with Crippen LogP contribution in [0.1, 0.15) is 0 Å². The van der Waals surface area contributed by atoms with Crippen LogP contribution in [0.15, 0.2) is 61.1 Å². The van der Waals surface area contributed by atoms with Crippen LogP contribution in [0, 0.1) is 0 Å². The van der Waals surface area contributed by atoms with Gasteiger partial charge in [-0.05, 0) is 51.0 Å². The summed E-state index contributed by atoms with van der Waals surface area (Å²) in [5, 5.41) is 1.09. The number of aromatic nitrogens is 3. The Morgan fingerprint density at radius 2 is 1.65 bits per heavy atom. The van der Waals surface area contributed by atoms with Crippen molar-refractivity contribution in [3.8, 4) is 28.1 Å². The Balaban J connectivity index is 1.35. The van der Waals surface area contributed by atoms with Crippen LogP contribution in [0.5, 0.6) is 5.88 Å². The minimum Gasteiger partial charge on any atom is -0.476 e. The van der Waals surface area contributed by atoms with Gasteiger partial charge in [-0.15, -0.1) is 0 Å². The molecule has 3 aromatic heterocycles. The van der Waals surface area contributed by atoms with Crippen LogP contribution >= 0.6 is 0 Å². The molecule has 4 heterocycles. The number of hydrogen-bond acceptors (Lipinski definition) is 6. The first-order chi connectivity index (χ1) is 16.6. The Hall–Kier alpha value is -3.42. The van der Waals surface area contributed by atoms with E-state index in [1.807, 2.05) is 38.8 Å². The van der Waals surface area contributed by atoms with Gasteiger partial charge in [0.1, 0.15) is 12.3 Å². The van der Waals surface area contributed by atoms with Crippen molar-refractivity contribution in [3.63, 3.8) is 0 Å². The lowest BCUT2D eigenvalue weighted by Gasteiger charge is -2.34.